The third kappa shape index (κ3) is 2.00. The quantitative estimate of drug-likeness (QED) is 0.747. The standard InChI is InChI=1S/C16H15NS/c1-18-16-9-13(11-4-2-3-5-11)8-14(12-6-7-12)15(16)10-17/h2-5,8-9,11-12H,6-7H2,1H3. The summed E-state index contributed by atoms with van der Waals surface area (Å²) in [5.41, 5.74) is 3.50. The average molecular weight is 253 g/mol. The summed E-state index contributed by atoms with van der Waals surface area (Å²) in [5, 5.41) is 9.37. The van der Waals surface area contributed by atoms with Gasteiger partial charge in [-0.2, -0.15) is 5.26 Å². The van der Waals surface area contributed by atoms with Gasteiger partial charge >= 0.3 is 0 Å². The molecule has 2 aliphatic rings. The molecule has 1 fully saturated rings. The molecule has 0 radical (unpaired) electrons. The molecule has 1 nitrogen and oxygen atoms in total. The molecule has 1 saturated carbocycles. The lowest BCUT2D eigenvalue weighted by atomic mass is 9.94. The average Bonchev–Trinajstić information content (AvgIpc) is 3.11. The van der Waals surface area contributed by atoms with Crippen LogP contribution < -0.4 is 0 Å². The predicted molar refractivity (Wildman–Crippen MR) is 75.9 cm³/mol. The molecule has 2 heteroatoms. The van der Waals surface area contributed by atoms with Crippen LogP contribution in [0, 0.1) is 11.3 Å². The van der Waals surface area contributed by atoms with Gasteiger partial charge in [0, 0.05) is 10.8 Å². The van der Waals surface area contributed by atoms with Gasteiger partial charge in [0.25, 0.3) is 0 Å². The number of nitriles is 1. The van der Waals surface area contributed by atoms with Gasteiger partial charge in [-0.3, -0.25) is 0 Å². The summed E-state index contributed by atoms with van der Waals surface area (Å²) in [4.78, 5) is 1.13. The molecule has 0 bridgehead atoms. The van der Waals surface area contributed by atoms with Crippen molar-refractivity contribution >= 4 is 11.8 Å². The third-order valence-corrected chi connectivity index (χ3v) is 4.40. The van der Waals surface area contributed by atoms with E-state index in [1.165, 1.54) is 24.0 Å². The summed E-state index contributed by atoms with van der Waals surface area (Å²) in [6.07, 6.45) is 13.1. The highest BCUT2D eigenvalue weighted by Crippen LogP contribution is 2.44. The van der Waals surface area contributed by atoms with Gasteiger partial charge < -0.3 is 0 Å². The molecule has 0 amide bonds. The van der Waals surface area contributed by atoms with Crippen LogP contribution in [0.5, 0.6) is 0 Å². The van der Waals surface area contributed by atoms with E-state index in [2.05, 4.69) is 48.8 Å². The van der Waals surface area contributed by atoms with Crippen LogP contribution >= 0.6 is 11.8 Å². The summed E-state index contributed by atoms with van der Waals surface area (Å²) in [7, 11) is 0. The Morgan fingerprint density at radius 1 is 1.22 bits per heavy atom. The van der Waals surface area contributed by atoms with Gasteiger partial charge in [-0.15, -0.1) is 11.8 Å². The summed E-state index contributed by atoms with van der Waals surface area (Å²) < 4.78 is 0. The first-order chi connectivity index (χ1) is 8.83. The molecule has 0 heterocycles. The minimum atomic E-state index is 0.390. The Labute approximate surface area is 112 Å². The highest BCUT2D eigenvalue weighted by Gasteiger charge is 2.28. The lowest BCUT2D eigenvalue weighted by molar-refractivity contribution is 1.03. The zero-order valence-electron chi connectivity index (χ0n) is 10.4. The van der Waals surface area contributed by atoms with E-state index in [9.17, 15) is 5.26 Å². The number of thioether (sulfide) groups is 1. The lowest BCUT2D eigenvalue weighted by Crippen LogP contribution is -1.97. The smallest absolute Gasteiger partial charge is 0.101 e. The van der Waals surface area contributed by atoms with E-state index < -0.39 is 0 Å². The van der Waals surface area contributed by atoms with Crippen LogP contribution in [0.1, 0.15) is 41.4 Å². The zero-order valence-corrected chi connectivity index (χ0v) is 11.2. The van der Waals surface area contributed by atoms with Crippen molar-refractivity contribution in [2.75, 3.05) is 6.26 Å². The molecule has 90 valence electrons. The molecule has 0 spiro atoms. The monoisotopic (exact) mass is 253 g/mol. The van der Waals surface area contributed by atoms with Crippen molar-refractivity contribution in [2.45, 2.75) is 29.6 Å². The SMILES string of the molecule is CSc1cc(C2C=CC=C2)cc(C2CC2)c1C#N. The Morgan fingerprint density at radius 3 is 2.50 bits per heavy atom. The minimum absolute atomic E-state index is 0.390. The molecule has 0 aromatic heterocycles. The van der Waals surface area contributed by atoms with Crippen molar-refractivity contribution < 1.29 is 0 Å². The highest BCUT2D eigenvalue weighted by atomic mass is 32.2. The molecule has 1 aromatic carbocycles. The van der Waals surface area contributed by atoms with Crippen molar-refractivity contribution in [2.24, 2.45) is 0 Å². The van der Waals surface area contributed by atoms with E-state index in [1.54, 1.807) is 11.8 Å². The molecular formula is C16H15NS. The summed E-state index contributed by atoms with van der Waals surface area (Å²) in [6, 6.07) is 6.83. The summed E-state index contributed by atoms with van der Waals surface area (Å²) >= 11 is 1.68. The maximum atomic E-state index is 9.37. The molecule has 18 heavy (non-hydrogen) atoms. The second-order valence-electron chi connectivity index (χ2n) is 4.87. The van der Waals surface area contributed by atoms with Crippen LogP contribution in [0.25, 0.3) is 0 Å². The van der Waals surface area contributed by atoms with Crippen LogP contribution in [-0.2, 0) is 0 Å². The topological polar surface area (TPSA) is 23.8 Å². The first-order valence-corrected chi connectivity index (χ1v) is 7.53. The van der Waals surface area contributed by atoms with Crippen LogP contribution in [0.2, 0.25) is 0 Å². The molecule has 1 aromatic rings. The van der Waals surface area contributed by atoms with Crippen LogP contribution in [0.3, 0.4) is 0 Å². The molecule has 3 rings (SSSR count). The minimum Gasteiger partial charge on any atom is -0.192 e. The molecule has 0 unspecified atom stereocenters. The van der Waals surface area contributed by atoms with Crippen molar-refractivity contribution in [3.63, 3.8) is 0 Å². The van der Waals surface area contributed by atoms with Gasteiger partial charge in [-0.1, -0.05) is 30.4 Å². The van der Waals surface area contributed by atoms with Crippen LogP contribution in [0.15, 0.2) is 41.3 Å². The van der Waals surface area contributed by atoms with Gasteiger partial charge in [-0.25, -0.2) is 0 Å². The van der Waals surface area contributed by atoms with Crippen molar-refractivity contribution in [3.8, 4) is 6.07 Å². The van der Waals surface area contributed by atoms with E-state index in [4.69, 9.17) is 0 Å². The summed E-state index contributed by atoms with van der Waals surface area (Å²) in [6.45, 7) is 0. The fourth-order valence-electron chi connectivity index (χ4n) is 2.50. The van der Waals surface area contributed by atoms with E-state index in [0.717, 1.165) is 10.5 Å². The fraction of sp³-hybridized carbons (Fsp3) is 0.312. The fourth-order valence-corrected chi connectivity index (χ4v) is 3.12. The van der Waals surface area contributed by atoms with Crippen LogP contribution in [-0.4, -0.2) is 6.26 Å². The predicted octanol–water partition coefficient (Wildman–Crippen LogP) is 4.37. The largest absolute Gasteiger partial charge is 0.192 e. The first-order valence-electron chi connectivity index (χ1n) is 6.30. The zero-order chi connectivity index (χ0) is 12.5. The number of allylic oxidation sites excluding steroid dienone is 4. The molecule has 2 aliphatic carbocycles. The van der Waals surface area contributed by atoms with Gasteiger partial charge in [0.1, 0.15) is 6.07 Å². The Bertz CT molecular complexity index is 561. The number of nitrogens with zero attached hydrogens (tertiary/aromatic N) is 1. The molecule has 0 aliphatic heterocycles. The Kier molecular flexibility index (Phi) is 3.01. The molecule has 0 saturated heterocycles. The van der Waals surface area contributed by atoms with Crippen molar-refractivity contribution in [3.05, 3.63) is 53.1 Å². The molecule has 0 atom stereocenters. The summed E-state index contributed by atoms with van der Waals surface area (Å²) in [5.74, 6) is 1.01. The first kappa shape index (κ1) is 11.6. The van der Waals surface area contributed by atoms with Crippen molar-refractivity contribution in [1.29, 1.82) is 5.26 Å². The number of hydrogen-bond acceptors (Lipinski definition) is 2. The van der Waals surface area contributed by atoms with E-state index in [-0.39, 0.29) is 0 Å². The highest BCUT2D eigenvalue weighted by molar-refractivity contribution is 7.98. The number of benzene rings is 1. The Hall–Kier alpha value is -1.46. The third-order valence-electron chi connectivity index (χ3n) is 3.64. The Balaban J connectivity index is 2.11. The van der Waals surface area contributed by atoms with E-state index in [1.807, 2.05) is 0 Å². The van der Waals surface area contributed by atoms with E-state index in [0.29, 0.717) is 11.8 Å². The second-order valence-corrected chi connectivity index (χ2v) is 5.72. The van der Waals surface area contributed by atoms with E-state index >= 15 is 0 Å². The van der Waals surface area contributed by atoms with Gasteiger partial charge in [-0.05, 0) is 42.2 Å². The lowest BCUT2D eigenvalue weighted by Gasteiger charge is -2.13. The molecule has 0 N–H and O–H groups in total. The number of rotatable bonds is 3. The Morgan fingerprint density at radius 2 is 1.94 bits per heavy atom. The van der Waals surface area contributed by atoms with Gasteiger partial charge in [0.05, 0.1) is 5.56 Å². The van der Waals surface area contributed by atoms with Gasteiger partial charge in [0.2, 0.25) is 0 Å². The maximum absolute atomic E-state index is 9.37. The van der Waals surface area contributed by atoms with Crippen LogP contribution in [0.4, 0.5) is 0 Å². The molecular weight excluding hydrogens is 238 g/mol. The number of hydrogen-bond donors (Lipinski definition) is 0. The van der Waals surface area contributed by atoms with Gasteiger partial charge in [0.15, 0.2) is 0 Å². The normalized spacial score (nSPS) is 18.2. The van der Waals surface area contributed by atoms with Crippen molar-refractivity contribution in [1.82, 2.24) is 0 Å². The second kappa shape index (κ2) is 4.66. The maximum Gasteiger partial charge on any atom is 0.101 e.